The van der Waals surface area contributed by atoms with Crippen molar-refractivity contribution in [3.63, 3.8) is 0 Å². The standard InChI is InChI=1S/C25H30N4O3/c1-25(2,3)32-24(31)28-17-15-27(16-18-28)23(30)14-13-22-26-20-11-7-8-12-21(20)29(22)19-9-5-4-6-10-19/h4-12H,13-18H2,1-3H3. The smallest absolute Gasteiger partial charge is 0.410 e. The molecule has 0 aliphatic carbocycles. The van der Waals surface area contributed by atoms with E-state index in [1.54, 1.807) is 4.90 Å². The number of fused-ring (bicyclic) bond motifs is 1. The Balaban J connectivity index is 1.41. The van der Waals surface area contributed by atoms with Gasteiger partial charge in [-0.05, 0) is 45.0 Å². The van der Waals surface area contributed by atoms with Crippen LogP contribution >= 0.6 is 0 Å². The van der Waals surface area contributed by atoms with Gasteiger partial charge < -0.3 is 14.5 Å². The molecular formula is C25H30N4O3. The van der Waals surface area contributed by atoms with Crippen molar-refractivity contribution in [2.75, 3.05) is 26.2 Å². The minimum atomic E-state index is -0.520. The summed E-state index contributed by atoms with van der Waals surface area (Å²) in [6.07, 6.45) is 0.610. The molecule has 0 saturated carbocycles. The van der Waals surface area contributed by atoms with E-state index < -0.39 is 5.60 Å². The zero-order valence-corrected chi connectivity index (χ0v) is 19.0. The van der Waals surface area contributed by atoms with E-state index in [4.69, 9.17) is 9.72 Å². The molecule has 0 spiro atoms. The molecule has 4 rings (SSSR count). The third-order valence-electron chi connectivity index (χ3n) is 5.49. The second-order valence-electron chi connectivity index (χ2n) is 9.04. The van der Waals surface area contributed by atoms with Gasteiger partial charge in [-0.2, -0.15) is 0 Å². The number of hydrogen-bond acceptors (Lipinski definition) is 4. The van der Waals surface area contributed by atoms with Crippen LogP contribution in [0.5, 0.6) is 0 Å². The molecule has 1 saturated heterocycles. The maximum absolute atomic E-state index is 12.9. The van der Waals surface area contributed by atoms with E-state index in [0.29, 0.717) is 39.0 Å². The number of para-hydroxylation sites is 3. The molecule has 3 aromatic rings. The first kappa shape index (κ1) is 21.9. The van der Waals surface area contributed by atoms with Crippen molar-refractivity contribution in [3.05, 3.63) is 60.4 Å². The predicted molar refractivity (Wildman–Crippen MR) is 124 cm³/mol. The SMILES string of the molecule is CC(C)(C)OC(=O)N1CCN(C(=O)CCc2nc3ccccc3n2-c2ccccc2)CC1. The van der Waals surface area contributed by atoms with Crippen LogP contribution in [0.3, 0.4) is 0 Å². The lowest BCUT2D eigenvalue weighted by molar-refractivity contribution is -0.132. The number of rotatable bonds is 4. The van der Waals surface area contributed by atoms with Crippen molar-refractivity contribution < 1.29 is 14.3 Å². The second kappa shape index (κ2) is 9.02. The van der Waals surface area contributed by atoms with Gasteiger partial charge in [0.05, 0.1) is 11.0 Å². The van der Waals surface area contributed by atoms with Crippen molar-refractivity contribution in [2.45, 2.75) is 39.2 Å². The maximum Gasteiger partial charge on any atom is 0.410 e. The Morgan fingerprint density at radius 2 is 1.53 bits per heavy atom. The fourth-order valence-electron chi connectivity index (χ4n) is 3.95. The molecule has 0 atom stereocenters. The number of aromatic nitrogens is 2. The Hall–Kier alpha value is -3.35. The number of benzene rings is 2. The molecular weight excluding hydrogens is 404 g/mol. The lowest BCUT2D eigenvalue weighted by Gasteiger charge is -2.35. The molecule has 7 nitrogen and oxygen atoms in total. The van der Waals surface area contributed by atoms with Crippen LogP contribution in [0.25, 0.3) is 16.7 Å². The molecule has 2 amide bonds. The van der Waals surface area contributed by atoms with Crippen molar-refractivity contribution in [3.8, 4) is 5.69 Å². The number of ether oxygens (including phenoxy) is 1. The topological polar surface area (TPSA) is 67.7 Å². The number of amides is 2. The number of nitrogens with zero attached hydrogens (tertiary/aromatic N) is 4. The lowest BCUT2D eigenvalue weighted by atomic mass is 10.2. The van der Waals surface area contributed by atoms with E-state index in [9.17, 15) is 9.59 Å². The van der Waals surface area contributed by atoms with Gasteiger partial charge in [0, 0.05) is 44.7 Å². The molecule has 0 unspecified atom stereocenters. The summed E-state index contributed by atoms with van der Waals surface area (Å²) < 4.78 is 7.56. The predicted octanol–water partition coefficient (Wildman–Crippen LogP) is 4.04. The maximum atomic E-state index is 12.9. The summed E-state index contributed by atoms with van der Waals surface area (Å²) in [5.41, 5.74) is 2.47. The summed E-state index contributed by atoms with van der Waals surface area (Å²) in [4.78, 5) is 33.4. The summed E-state index contributed by atoms with van der Waals surface area (Å²) in [6.45, 7) is 7.58. The van der Waals surface area contributed by atoms with Crippen LogP contribution in [-0.4, -0.2) is 63.1 Å². The quantitative estimate of drug-likeness (QED) is 0.622. The third-order valence-corrected chi connectivity index (χ3v) is 5.49. The van der Waals surface area contributed by atoms with Gasteiger partial charge in [-0.25, -0.2) is 9.78 Å². The third kappa shape index (κ3) is 4.93. The Bertz CT molecular complexity index is 1090. The van der Waals surface area contributed by atoms with Crippen LogP contribution in [0.2, 0.25) is 0 Å². The summed E-state index contributed by atoms with van der Waals surface area (Å²) in [5, 5.41) is 0. The van der Waals surface area contributed by atoms with Crippen LogP contribution in [0.4, 0.5) is 4.79 Å². The Labute approximate surface area is 188 Å². The molecule has 32 heavy (non-hydrogen) atoms. The fraction of sp³-hybridized carbons (Fsp3) is 0.400. The molecule has 0 N–H and O–H groups in total. The normalized spacial score (nSPS) is 14.6. The van der Waals surface area contributed by atoms with Crippen LogP contribution in [-0.2, 0) is 16.0 Å². The van der Waals surface area contributed by atoms with Crippen molar-refractivity contribution in [1.82, 2.24) is 19.4 Å². The van der Waals surface area contributed by atoms with E-state index in [-0.39, 0.29) is 12.0 Å². The van der Waals surface area contributed by atoms with Crippen LogP contribution in [0, 0.1) is 0 Å². The Morgan fingerprint density at radius 3 is 2.22 bits per heavy atom. The monoisotopic (exact) mass is 434 g/mol. The zero-order chi connectivity index (χ0) is 22.7. The first-order valence-corrected chi connectivity index (χ1v) is 11.1. The number of hydrogen-bond donors (Lipinski definition) is 0. The second-order valence-corrected chi connectivity index (χ2v) is 9.04. The van der Waals surface area contributed by atoms with Gasteiger partial charge in [-0.1, -0.05) is 30.3 Å². The highest BCUT2D eigenvalue weighted by Gasteiger charge is 2.27. The van der Waals surface area contributed by atoms with Crippen LogP contribution in [0.15, 0.2) is 54.6 Å². The summed E-state index contributed by atoms with van der Waals surface area (Å²) in [7, 11) is 0. The largest absolute Gasteiger partial charge is 0.444 e. The molecule has 1 aliphatic rings. The van der Waals surface area contributed by atoms with Gasteiger partial charge in [-0.15, -0.1) is 0 Å². The minimum absolute atomic E-state index is 0.0838. The van der Waals surface area contributed by atoms with Crippen molar-refractivity contribution >= 4 is 23.0 Å². The van der Waals surface area contributed by atoms with Crippen molar-refractivity contribution in [1.29, 1.82) is 0 Å². The van der Waals surface area contributed by atoms with Gasteiger partial charge >= 0.3 is 6.09 Å². The number of carbonyl (C=O) groups is 2. The van der Waals surface area contributed by atoms with Crippen LogP contribution in [0.1, 0.15) is 33.0 Å². The zero-order valence-electron chi connectivity index (χ0n) is 19.0. The average molecular weight is 435 g/mol. The molecule has 1 fully saturated rings. The van der Waals surface area contributed by atoms with Gasteiger partial charge in [0.25, 0.3) is 0 Å². The summed E-state index contributed by atoms with van der Waals surface area (Å²) in [6, 6.07) is 18.1. The first-order chi connectivity index (χ1) is 15.3. The van der Waals surface area contributed by atoms with E-state index >= 15 is 0 Å². The molecule has 7 heteroatoms. The average Bonchev–Trinajstić information content (AvgIpc) is 3.15. The number of piperazine rings is 1. The van der Waals surface area contributed by atoms with E-state index in [1.165, 1.54) is 0 Å². The molecule has 2 aromatic carbocycles. The molecule has 168 valence electrons. The molecule has 1 aliphatic heterocycles. The Morgan fingerprint density at radius 1 is 0.906 bits per heavy atom. The number of aryl methyl sites for hydroxylation is 1. The highest BCUT2D eigenvalue weighted by molar-refractivity contribution is 5.79. The first-order valence-electron chi connectivity index (χ1n) is 11.1. The molecule has 0 bridgehead atoms. The molecule has 2 heterocycles. The Kier molecular flexibility index (Phi) is 6.17. The number of carbonyl (C=O) groups excluding carboxylic acids is 2. The van der Waals surface area contributed by atoms with E-state index in [1.807, 2.05) is 62.1 Å². The van der Waals surface area contributed by atoms with E-state index in [2.05, 4.69) is 22.8 Å². The highest BCUT2D eigenvalue weighted by Crippen LogP contribution is 2.22. The minimum Gasteiger partial charge on any atom is -0.444 e. The summed E-state index contributed by atoms with van der Waals surface area (Å²) >= 11 is 0. The summed E-state index contributed by atoms with van der Waals surface area (Å²) in [5.74, 6) is 0.957. The lowest BCUT2D eigenvalue weighted by Crippen LogP contribution is -2.51. The van der Waals surface area contributed by atoms with Crippen molar-refractivity contribution in [2.24, 2.45) is 0 Å². The van der Waals surface area contributed by atoms with E-state index in [0.717, 1.165) is 22.5 Å². The van der Waals surface area contributed by atoms with Gasteiger partial charge in [0.1, 0.15) is 11.4 Å². The van der Waals surface area contributed by atoms with Gasteiger partial charge in [-0.3, -0.25) is 9.36 Å². The number of imidazole rings is 1. The van der Waals surface area contributed by atoms with Crippen LogP contribution < -0.4 is 0 Å². The fourth-order valence-corrected chi connectivity index (χ4v) is 3.95. The highest BCUT2D eigenvalue weighted by atomic mass is 16.6. The molecule has 1 aromatic heterocycles. The van der Waals surface area contributed by atoms with Gasteiger partial charge in [0.15, 0.2) is 0 Å². The molecule has 0 radical (unpaired) electrons. The van der Waals surface area contributed by atoms with Gasteiger partial charge in [0.2, 0.25) is 5.91 Å².